The van der Waals surface area contributed by atoms with Crippen LogP contribution in [0.5, 0.6) is 0 Å². The van der Waals surface area contributed by atoms with Crippen LogP contribution in [0.4, 0.5) is 5.82 Å². The molecule has 0 aliphatic carbocycles. The molecule has 1 aromatic heterocycles. The summed E-state index contributed by atoms with van der Waals surface area (Å²) in [6.45, 7) is 7.01. The Morgan fingerprint density at radius 3 is 2.60 bits per heavy atom. The van der Waals surface area contributed by atoms with Crippen LogP contribution in [0.2, 0.25) is 0 Å². The Balaban J connectivity index is 1.44. The van der Waals surface area contributed by atoms with Gasteiger partial charge in [-0.3, -0.25) is 4.90 Å². The average molecular weight is 332 g/mol. The summed E-state index contributed by atoms with van der Waals surface area (Å²) in [7, 11) is 2.22. The third kappa shape index (κ3) is 3.22. The maximum atomic E-state index is 4.57. The van der Waals surface area contributed by atoms with Gasteiger partial charge in [-0.15, -0.1) is 0 Å². The summed E-state index contributed by atoms with van der Waals surface area (Å²) in [4.78, 5) is 13.7. The normalized spacial score (nSPS) is 15.0. The Hall–Kier alpha value is -2.46. The predicted molar refractivity (Wildman–Crippen MR) is 103 cm³/mol. The van der Waals surface area contributed by atoms with Crippen molar-refractivity contribution >= 4 is 16.6 Å². The van der Waals surface area contributed by atoms with Crippen LogP contribution in [0.15, 0.2) is 48.5 Å². The van der Waals surface area contributed by atoms with Crippen molar-refractivity contribution in [2.24, 2.45) is 0 Å². The molecule has 4 rings (SSSR count). The van der Waals surface area contributed by atoms with Gasteiger partial charge in [-0.1, -0.05) is 42.5 Å². The van der Waals surface area contributed by atoms with Gasteiger partial charge in [0.05, 0.1) is 0 Å². The van der Waals surface area contributed by atoms with E-state index in [0.29, 0.717) is 6.04 Å². The van der Waals surface area contributed by atoms with Gasteiger partial charge in [0.1, 0.15) is 11.6 Å². The van der Waals surface area contributed by atoms with E-state index < -0.39 is 0 Å². The molecule has 0 N–H and O–H groups in total. The maximum Gasteiger partial charge on any atom is 0.132 e. The number of hydrogen-bond acceptors (Lipinski definition) is 4. The minimum absolute atomic E-state index is 0.564. The summed E-state index contributed by atoms with van der Waals surface area (Å²) >= 11 is 0. The number of nitrogens with zero attached hydrogens (tertiary/aromatic N) is 4. The summed E-state index contributed by atoms with van der Waals surface area (Å²) < 4.78 is 0. The zero-order valence-electron chi connectivity index (χ0n) is 15.1. The molecule has 4 nitrogen and oxygen atoms in total. The summed E-state index contributed by atoms with van der Waals surface area (Å²) in [5.41, 5.74) is 2.43. The van der Waals surface area contributed by atoms with Gasteiger partial charge in [0.15, 0.2) is 0 Å². The van der Waals surface area contributed by atoms with Crippen LogP contribution in [-0.4, -0.2) is 41.0 Å². The molecule has 3 aromatic rings. The molecule has 1 aliphatic rings. The van der Waals surface area contributed by atoms with Crippen LogP contribution in [0, 0.1) is 13.8 Å². The van der Waals surface area contributed by atoms with Gasteiger partial charge in [0.25, 0.3) is 0 Å². The summed E-state index contributed by atoms with van der Waals surface area (Å²) in [5, 5.41) is 2.67. The Morgan fingerprint density at radius 1 is 1.04 bits per heavy atom. The second-order valence-electron chi connectivity index (χ2n) is 7.03. The molecule has 2 aromatic carbocycles. The first-order valence-corrected chi connectivity index (χ1v) is 8.84. The average Bonchev–Trinajstić information content (AvgIpc) is 2.53. The van der Waals surface area contributed by atoms with E-state index in [-0.39, 0.29) is 0 Å². The van der Waals surface area contributed by atoms with Gasteiger partial charge in [-0.25, -0.2) is 9.97 Å². The van der Waals surface area contributed by atoms with Gasteiger partial charge in [-0.2, -0.15) is 0 Å². The van der Waals surface area contributed by atoms with E-state index in [4.69, 9.17) is 0 Å². The fraction of sp³-hybridized carbons (Fsp3) is 0.333. The first-order chi connectivity index (χ1) is 12.1. The number of rotatable bonds is 4. The molecule has 25 heavy (non-hydrogen) atoms. The minimum Gasteiger partial charge on any atom is -0.353 e. The number of fused-ring (bicyclic) bond motifs is 1. The molecule has 1 saturated heterocycles. The number of likely N-dealkylation sites (N-methyl/N-ethyl adjacent to an activating group) is 1. The lowest BCUT2D eigenvalue weighted by molar-refractivity contribution is 0.197. The van der Waals surface area contributed by atoms with E-state index >= 15 is 0 Å². The molecule has 1 aliphatic heterocycles. The molecular formula is C21H24N4. The summed E-state index contributed by atoms with van der Waals surface area (Å²) in [5.74, 6) is 1.90. The monoisotopic (exact) mass is 332 g/mol. The second kappa shape index (κ2) is 6.45. The van der Waals surface area contributed by atoms with Crippen LogP contribution in [0.3, 0.4) is 0 Å². The molecule has 128 valence electrons. The van der Waals surface area contributed by atoms with Crippen LogP contribution >= 0.6 is 0 Å². The third-order valence-corrected chi connectivity index (χ3v) is 5.06. The van der Waals surface area contributed by atoms with Crippen molar-refractivity contribution in [2.75, 3.05) is 25.0 Å². The van der Waals surface area contributed by atoms with Gasteiger partial charge in [-0.05, 0) is 37.2 Å². The zero-order chi connectivity index (χ0) is 17.4. The highest BCUT2D eigenvalue weighted by Gasteiger charge is 2.31. The molecule has 0 saturated carbocycles. The highest BCUT2D eigenvalue weighted by atomic mass is 15.3. The number of hydrogen-bond donors (Lipinski definition) is 0. The number of aryl methyl sites for hydroxylation is 2. The van der Waals surface area contributed by atoms with Crippen molar-refractivity contribution in [3.8, 4) is 0 Å². The Bertz CT molecular complexity index is 874. The van der Waals surface area contributed by atoms with E-state index in [2.05, 4.69) is 75.3 Å². The van der Waals surface area contributed by atoms with E-state index in [1.165, 1.54) is 16.3 Å². The first kappa shape index (κ1) is 16.0. The Morgan fingerprint density at radius 2 is 1.80 bits per heavy atom. The molecule has 0 bridgehead atoms. The van der Waals surface area contributed by atoms with Crippen molar-refractivity contribution < 1.29 is 0 Å². The van der Waals surface area contributed by atoms with E-state index in [1.807, 2.05) is 13.8 Å². The lowest BCUT2D eigenvalue weighted by atomic mass is 10.0. The van der Waals surface area contributed by atoms with Crippen molar-refractivity contribution in [2.45, 2.75) is 26.4 Å². The van der Waals surface area contributed by atoms with E-state index in [9.17, 15) is 0 Å². The van der Waals surface area contributed by atoms with E-state index in [0.717, 1.165) is 37.0 Å². The van der Waals surface area contributed by atoms with Crippen LogP contribution in [0.25, 0.3) is 10.8 Å². The van der Waals surface area contributed by atoms with Gasteiger partial charge < -0.3 is 4.90 Å². The topological polar surface area (TPSA) is 32.3 Å². The second-order valence-corrected chi connectivity index (χ2v) is 7.03. The number of aromatic nitrogens is 2. The molecule has 0 unspecified atom stereocenters. The lowest BCUT2D eigenvalue weighted by Crippen LogP contribution is -2.58. The molecule has 4 heteroatoms. The largest absolute Gasteiger partial charge is 0.353 e. The first-order valence-electron chi connectivity index (χ1n) is 8.84. The van der Waals surface area contributed by atoms with Crippen molar-refractivity contribution in [3.05, 3.63) is 65.6 Å². The zero-order valence-corrected chi connectivity index (χ0v) is 15.1. The lowest BCUT2D eigenvalue weighted by Gasteiger charge is -2.45. The van der Waals surface area contributed by atoms with Gasteiger partial charge >= 0.3 is 0 Å². The molecule has 2 heterocycles. The highest BCUT2D eigenvalue weighted by molar-refractivity contribution is 5.85. The van der Waals surface area contributed by atoms with Crippen molar-refractivity contribution in [3.63, 3.8) is 0 Å². The predicted octanol–water partition coefficient (Wildman–Crippen LogP) is 3.57. The minimum atomic E-state index is 0.564. The molecule has 0 radical (unpaired) electrons. The number of benzene rings is 2. The van der Waals surface area contributed by atoms with Gasteiger partial charge in [0.2, 0.25) is 0 Å². The molecule has 0 spiro atoms. The van der Waals surface area contributed by atoms with Gasteiger partial charge in [0, 0.05) is 37.4 Å². The quantitative estimate of drug-likeness (QED) is 0.731. The van der Waals surface area contributed by atoms with Crippen LogP contribution in [0.1, 0.15) is 17.1 Å². The number of anilines is 1. The maximum absolute atomic E-state index is 4.57. The summed E-state index contributed by atoms with van der Waals surface area (Å²) in [6, 6.07) is 17.9. The molecule has 0 amide bonds. The van der Waals surface area contributed by atoms with Crippen LogP contribution < -0.4 is 4.90 Å². The van der Waals surface area contributed by atoms with Crippen LogP contribution in [-0.2, 0) is 6.54 Å². The fourth-order valence-corrected chi connectivity index (χ4v) is 3.61. The Kier molecular flexibility index (Phi) is 4.14. The third-order valence-electron chi connectivity index (χ3n) is 5.06. The van der Waals surface area contributed by atoms with Crippen molar-refractivity contribution in [1.82, 2.24) is 14.9 Å². The fourth-order valence-electron chi connectivity index (χ4n) is 3.61. The Labute approximate surface area is 149 Å². The standard InChI is InChI=1S/C21H24N4/c1-15-11-21(23-16(2)22-15)25-13-19(14-25)24(3)12-18-9-6-8-17-7-4-5-10-20(17)18/h4-11,19H,12-14H2,1-3H3. The summed E-state index contributed by atoms with van der Waals surface area (Å²) in [6.07, 6.45) is 0. The molecule has 1 fully saturated rings. The molecular weight excluding hydrogens is 308 g/mol. The highest BCUT2D eigenvalue weighted by Crippen LogP contribution is 2.25. The molecule has 0 atom stereocenters. The SMILES string of the molecule is Cc1cc(N2CC(N(C)Cc3cccc4ccccc34)C2)nc(C)n1. The van der Waals surface area contributed by atoms with Crippen molar-refractivity contribution in [1.29, 1.82) is 0 Å². The van der Waals surface area contributed by atoms with E-state index in [1.54, 1.807) is 0 Å². The smallest absolute Gasteiger partial charge is 0.132 e.